The Labute approximate surface area is 153 Å². The standard InChI is InChI=1S/C16H17N3O6S/c1-18(2)16(22)25-11-5-3-10(4-6-11)9-12(15(20)21)17-14-13(19(23)24)7-8-26-14/h3-8,12,17H,9H2,1-2H3,(H,20,21)/t12-/m0/s1. The SMILES string of the molecule is CN(C)C(=O)Oc1ccc(C[C@H](Nc2sccc2[N+](=O)[O-])C(=O)O)cc1. The number of nitrogens with one attached hydrogen (secondary N) is 1. The van der Waals surface area contributed by atoms with Crippen LogP contribution in [-0.4, -0.2) is 47.1 Å². The average molecular weight is 379 g/mol. The first-order chi connectivity index (χ1) is 12.3. The van der Waals surface area contributed by atoms with Gasteiger partial charge >= 0.3 is 17.7 Å². The number of carboxylic acid groups (broad SMARTS) is 1. The Balaban J connectivity index is 2.08. The van der Waals surface area contributed by atoms with Crippen LogP contribution in [0, 0.1) is 10.1 Å². The zero-order chi connectivity index (χ0) is 19.3. The van der Waals surface area contributed by atoms with Crippen LogP contribution in [-0.2, 0) is 11.2 Å². The molecule has 0 radical (unpaired) electrons. The molecule has 0 aliphatic rings. The molecule has 0 unspecified atom stereocenters. The van der Waals surface area contributed by atoms with Crippen LogP contribution in [0.3, 0.4) is 0 Å². The fourth-order valence-corrected chi connectivity index (χ4v) is 2.84. The van der Waals surface area contributed by atoms with Gasteiger partial charge in [-0.2, -0.15) is 0 Å². The summed E-state index contributed by atoms with van der Waals surface area (Å²) in [6, 6.07) is 6.67. The molecule has 0 aliphatic carbocycles. The summed E-state index contributed by atoms with van der Waals surface area (Å²) in [6.45, 7) is 0. The molecule has 0 spiro atoms. The Bertz CT molecular complexity index is 803. The highest BCUT2D eigenvalue weighted by atomic mass is 32.1. The van der Waals surface area contributed by atoms with Crippen LogP contribution < -0.4 is 10.1 Å². The van der Waals surface area contributed by atoms with Gasteiger partial charge in [-0.3, -0.25) is 10.1 Å². The van der Waals surface area contributed by atoms with Crippen LogP contribution in [0.5, 0.6) is 5.75 Å². The molecule has 1 amide bonds. The second kappa shape index (κ2) is 8.30. The van der Waals surface area contributed by atoms with Gasteiger partial charge in [0.25, 0.3) is 0 Å². The fraction of sp³-hybridized carbons (Fsp3) is 0.250. The summed E-state index contributed by atoms with van der Waals surface area (Å²) in [6.07, 6.45) is -0.417. The Morgan fingerprint density at radius 2 is 1.96 bits per heavy atom. The smallest absolute Gasteiger partial charge is 0.414 e. The molecule has 138 valence electrons. The van der Waals surface area contributed by atoms with E-state index in [9.17, 15) is 24.8 Å². The van der Waals surface area contributed by atoms with Crippen molar-refractivity contribution < 1.29 is 24.4 Å². The van der Waals surface area contributed by atoms with E-state index in [1.54, 1.807) is 38.4 Å². The second-order valence-electron chi connectivity index (χ2n) is 5.54. The zero-order valence-electron chi connectivity index (χ0n) is 14.0. The van der Waals surface area contributed by atoms with Gasteiger partial charge in [0.05, 0.1) is 4.92 Å². The Morgan fingerprint density at radius 1 is 1.31 bits per heavy atom. The van der Waals surface area contributed by atoms with Crippen molar-refractivity contribution in [3.8, 4) is 5.75 Å². The number of thiophene rings is 1. The molecular weight excluding hydrogens is 362 g/mol. The second-order valence-corrected chi connectivity index (χ2v) is 6.45. The minimum Gasteiger partial charge on any atom is -0.480 e. The summed E-state index contributed by atoms with van der Waals surface area (Å²) in [4.78, 5) is 34.7. The number of ether oxygens (including phenoxy) is 1. The number of carbonyl (C=O) groups is 2. The lowest BCUT2D eigenvalue weighted by Gasteiger charge is -2.15. The third-order valence-corrected chi connectivity index (χ3v) is 4.21. The van der Waals surface area contributed by atoms with E-state index in [2.05, 4.69) is 5.32 Å². The topological polar surface area (TPSA) is 122 Å². The molecule has 2 rings (SSSR count). The molecule has 1 atom stereocenters. The van der Waals surface area contributed by atoms with Crippen LogP contribution in [0.15, 0.2) is 35.7 Å². The predicted molar refractivity (Wildman–Crippen MR) is 95.9 cm³/mol. The molecule has 9 nitrogen and oxygen atoms in total. The Hall–Kier alpha value is -3.14. The minimum absolute atomic E-state index is 0.103. The van der Waals surface area contributed by atoms with Crippen molar-refractivity contribution in [2.75, 3.05) is 19.4 Å². The summed E-state index contributed by atoms with van der Waals surface area (Å²) in [5.41, 5.74) is 0.515. The van der Waals surface area contributed by atoms with E-state index in [-0.39, 0.29) is 17.1 Å². The molecule has 2 N–H and O–H groups in total. The van der Waals surface area contributed by atoms with Gasteiger partial charge in [0.2, 0.25) is 0 Å². The van der Waals surface area contributed by atoms with Crippen molar-refractivity contribution in [1.82, 2.24) is 4.90 Å². The van der Waals surface area contributed by atoms with Gasteiger partial charge in [0.15, 0.2) is 5.00 Å². The van der Waals surface area contributed by atoms with Gasteiger partial charge in [-0.05, 0) is 23.1 Å². The summed E-state index contributed by atoms with van der Waals surface area (Å²) >= 11 is 1.07. The quantitative estimate of drug-likeness (QED) is 0.560. The fourth-order valence-electron chi connectivity index (χ4n) is 2.03. The Kier molecular flexibility index (Phi) is 6.12. The molecule has 0 bridgehead atoms. The van der Waals surface area contributed by atoms with E-state index in [0.717, 1.165) is 11.3 Å². The predicted octanol–water partition coefficient (Wildman–Crippen LogP) is 2.82. The lowest BCUT2D eigenvalue weighted by atomic mass is 10.1. The van der Waals surface area contributed by atoms with Crippen LogP contribution in [0.1, 0.15) is 5.56 Å². The largest absolute Gasteiger partial charge is 0.480 e. The van der Waals surface area contributed by atoms with E-state index in [1.165, 1.54) is 16.3 Å². The Morgan fingerprint density at radius 3 is 2.50 bits per heavy atom. The molecule has 0 saturated carbocycles. The first-order valence-electron chi connectivity index (χ1n) is 7.47. The number of hydrogen-bond acceptors (Lipinski definition) is 7. The van der Waals surface area contributed by atoms with Crippen molar-refractivity contribution >= 4 is 34.1 Å². The number of carboxylic acids is 1. The van der Waals surface area contributed by atoms with Crippen LogP contribution in [0.2, 0.25) is 0 Å². The van der Waals surface area contributed by atoms with E-state index in [0.29, 0.717) is 11.3 Å². The lowest BCUT2D eigenvalue weighted by molar-refractivity contribution is -0.383. The van der Waals surface area contributed by atoms with E-state index in [1.807, 2.05) is 0 Å². The molecule has 1 heterocycles. The number of carbonyl (C=O) groups excluding carboxylic acids is 1. The number of aliphatic carboxylic acids is 1. The summed E-state index contributed by atoms with van der Waals surface area (Å²) in [7, 11) is 3.12. The maximum atomic E-state index is 11.5. The number of nitrogens with zero attached hydrogens (tertiary/aromatic N) is 2. The van der Waals surface area contributed by atoms with Crippen LogP contribution in [0.25, 0.3) is 0 Å². The number of nitro groups is 1. The van der Waals surface area contributed by atoms with Crippen molar-refractivity contribution in [2.45, 2.75) is 12.5 Å². The van der Waals surface area contributed by atoms with Crippen LogP contribution >= 0.6 is 11.3 Å². The number of rotatable bonds is 7. The summed E-state index contributed by atoms with van der Waals surface area (Å²) < 4.78 is 5.09. The van der Waals surface area contributed by atoms with Crippen LogP contribution in [0.4, 0.5) is 15.5 Å². The van der Waals surface area contributed by atoms with Crippen molar-refractivity contribution in [3.05, 3.63) is 51.4 Å². The number of amides is 1. The molecule has 0 aliphatic heterocycles. The highest BCUT2D eigenvalue weighted by Gasteiger charge is 2.23. The monoisotopic (exact) mass is 379 g/mol. The first kappa shape index (κ1) is 19.2. The van der Waals surface area contributed by atoms with Crippen molar-refractivity contribution in [2.24, 2.45) is 0 Å². The van der Waals surface area contributed by atoms with E-state index in [4.69, 9.17) is 4.74 Å². The maximum Gasteiger partial charge on any atom is 0.414 e. The summed E-state index contributed by atoms with van der Waals surface area (Å²) in [5.74, 6) is -0.794. The van der Waals surface area contributed by atoms with Crippen molar-refractivity contribution in [3.63, 3.8) is 0 Å². The van der Waals surface area contributed by atoms with Crippen molar-refractivity contribution in [1.29, 1.82) is 0 Å². The molecule has 0 fully saturated rings. The van der Waals surface area contributed by atoms with Gasteiger partial charge in [-0.15, -0.1) is 11.3 Å². The number of benzene rings is 1. The maximum absolute atomic E-state index is 11.5. The van der Waals surface area contributed by atoms with E-state index < -0.39 is 23.0 Å². The summed E-state index contributed by atoms with van der Waals surface area (Å²) in [5, 5.41) is 24.8. The number of hydrogen-bond donors (Lipinski definition) is 2. The number of anilines is 1. The zero-order valence-corrected chi connectivity index (χ0v) is 14.9. The van der Waals surface area contributed by atoms with Gasteiger partial charge in [0.1, 0.15) is 11.8 Å². The third-order valence-electron chi connectivity index (χ3n) is 3.38. The first-order valence-corrected chi connectivity index (χ1v) is 8.35. The third kappa shape index (κ3) is 4.93. The van der Waals surface area contributed by atoms with E-state index >= 15 is 0 Å². The van der Waals surface area contributed by atoms with Gasteiger partial charge in [-0.25, -0.2) is 9.59 Å². The molecule has 2 aromatic rings. The highest BCUT2D eigenvalue weighted by Crippen LogP contribution is 2.31. The molecule has 26 heavy (non-hydrogen) atoms. The van der Waals surface area contributed by atoms with Gasteiger partial charge in [0, 0.05) is 26.6 Å². The molecule has 0 saturated heterocycles. The molecule has 10 heteroatoms. The molecular formula is C16H17N3O6S. The minimum atomic E-state index is -1.13. The molecule has 1 aromatic heterocycles. The normalized spacial score (nSPS) is 11.5. The highest BCUT2D eigenvalue weighted by molar-refractivity contribution is 7.14. The lowest BCUT2D eigenvalue weighted by Crippen LogP contribution is -2.31. The average Bonchev–Trinajstić information content (AvgIpc) is 3.04. The van der Waals surface area contributed by atoms with Gasteiger partial charge in [-0.1, -0.05) is 12.1 Å². The molecule has 1 aromatic carbocycles. The van der Waals surface area contributed by atoms with Gasteiger partial charge < -0.3 is 20.1 Å².